The highest BCUT2D eigenvalue weighted by atomic mass is 16.5. The fraction of sp³-hybridized carbons (Fsp3) is 0.417. The topological polar surface area (TPSA) is 83.8 Å². The van der Waals surface area contributed by atoms with Gasteiger partial charge in [-0.25, -0.2) is 4.98 Å². The van der Waals surface area contributed by atoms with Gasteiger partial charge < -0.3 is 14.8 Å². The van der Waals surface area contributed by atoms with Crippen LogP contribution < -0.4 is 5.32 Å². The van der Waals surface area contributed by atoms with Crippen LogP contribution in [0.15, 0.2) is 16.9 Å². The standard InChI is InChI=1S/C12H16N4O2/c1-4-9-10(8(3)18-16-9)12(17)15-7(2)11-13-5-6-14-11/h5-7H,4H2,1-3H3,(H,13,14)(H,15,17). The molecule has 2 rings (SSSR count). The summed E-state index contributed by atoms with van der Waals surface area (Å²) < 4.78 is 5.05. The Morgan fingerprint density at radius 3 is 3.00 bits per heavy atom. The maximum atomic E-state index is 12.2. The molecule has 0 bridgehead atoms. The number of imidazole rings is 1. The lowest BCUT2D eigenvalue weighted by molar-refractivity contribution is 0.0936. The van der Waals surface area contributed by atoms with Crippen molar-refractivity contribution in [2.45, 2.75) is 33.2 Å². The van der Waals surface area contributed by atoms with Gasteiger partial charge in [0.15, 0.2) is 0 Å². The molecule has 0 saturated carbocycles. The van der Waals surface area contributed by atoms with Crippen LogP contribution in [0.3, 0.4) is 0 Å². The highest BCUT2D eigenvalue weighted by Crippen LogP contribution is 2.15. The molecule has 0 aromatic carbocycles. The first kappa shape index (κ1) is 12.3. The number of aromatic nitrogens is 3. The van der Waals surface area contributed by atoms with Gasteiger partial charge >= 0.3 is 0 Å². The largest absolute Gasteiger partial charge is 0.361 e. The van der Waals surface area contributed by atoms with E-state index in [1.807, 2.05) is 13.8 Å². The summed E-state index contributed by atoms with van der Waals surface area (Å²) in [6.45, 7) is 5.54. The number of aryl methyl sites for hydroxylation is 2. The van der Waals surface area contributed by atoms with Gasteiger partial charge in [0, 0.05) is 12.4 Å². The van der Waals surface area contributed by atoms with E-state index in [1.54, 1.807) is 19.3 Å². The average Bonchev–Trinajstić information content (AvgIpc) is 2.97. The van der Waals surface area contributed by atoms with E-state index in [9.17, 15) is 4.79 Å². The molecule has 1 unspecified atom stereocenters. The minimum Gasteiger partial charge on any atom is -0.361 e. The summed E-state index contributed by atoms with van der Waals surface area (Å²) >= 11 is 0. The van der Waals surface area contributed by atoms with Crippen molar-refractivity contribution in [3.05, 3.63) is 35.2 Å². The molecule has 1 atom stereocenters. The van der Waals surface area contributed by atoms with Gasteiger partial charge in [-0.15, -0.1) is 0 Å². The summed E-state index contributed by atoms with van der Waals surface area (Å²) in [5.74, 6) is 1.07. The number of carbonyl (C=O) groups excluding carboxylic acids is 1. The predicted octanol–water partition coefficient (Wildman–Crippen LogP) is 1.76. The summed E-state index contributed by atoms with van der Waals surface area (Å²) in [4.78, 5) is 19.2. The Labute approximate surface area is 105 Å². The van der Waals surface area contributed by atoms with E-state index < -0.39 is 0 Å². The zero-order valence-corrected chi connectivity index (χ0v) is 10.7. The molecule has 2 N–H and O–H groups in total. The van der Waals surface area contributed by atoms with E-state index in [-0.39, 0.29) is 11.9 Å². The first-order chi connectivity index (χ1) is 8.63. The summed E-state index contributed by atoms with van der Waals surface area (Å²) in [7, 11) is 0. The summed E-state index contributed by atoms with van der Waals surface area (Å²) in [5.41, 5.74) is 1.20. The highest BCUT2D eigenvalue weighted by molar-refractivity contribution is 5.96. The van der Waals surface area contributed by atoms with Gasteiger partial charge in [0.05, 0.1) is 11.7 Å². The van der Waals surface area contributed by atoms with Gasteiger partial charge in [-0.1, -0.05) is 12.1 Å². The molecule has 6 heteroatoms. The molecule has 0 aliphatic carbocycles. The number of hydrogen-bond donors (Lipinski definition) is 2. The number of amides is 1. The lowest BCUT2D eigenvalue weighted by atomic mass is 10.1. The lowest BCUT2D eigenvalue weighted by Gasteiger charge is -2.11. The molecule has 2 heterocycles. The van der Waals surface area contributed by atoms with Crippen molar-refractivity contribution in [1.29, 1.82) is 0 Å². The molecule has 1 amide bonds. The van der Waals surface area contributed by atoms with Crippen LogP contribution in [0, 0.1) is 6.92 Å². The molecule has 0 aliphatic rings. The van der Waals surface area contributed by atoms with Gasteiger partial charge in [0.2, 0.25) is 0 Å². The Morgan fingerprint density at radius 2 is 2.39 bits per heavy atom. The second kappa shape index (κ2) is 5.03. The minimum atomic E-state index is -0.188. The van der Waals surface area contributed by atoms with Gasteiger partial charge in [0.1, 0.15) is 17.1 Å². The summed E-state index contributed by atoms with van der Waals surface area (Å²) in [6, 6.07) is -0.188. The normalized spacial score (nSPS) is 12.4. The van der Waals surface area contributed by atoms with E-state index in [0.717, 1.165) is 5.82 Å². The molecule has 2 aromatic heterocycles. The monoisotopic (exact) mass is 248 g/mol. The fourth-order valence-electron chi connectivity index (χ4n) is 1.80. The first-order valence-electron chi connectivity index (χ1n) is 5.88. The van der Waals surface area contributed by atoms with Gasteiger partial charge in [-0.05, 0) is 20.3 Å². The van der Waals surface area contributed by atoms with Gasteiger partial charge in [0.25, 0.3) is 5.91 Å². The van der Waals surface area contributed by atoms with Crippen LogP contribution in [0.5, 0.6) is 0 Å². The molecule has 0 spiro atoms. The Bertz CT molecular complexity index is 530. The second-order valence-electron chi connectivity index (χ2n) is 4.08. The van der Waals surface area contributed by atoms with Crippen LogP contribution in [0.4, 0.5) is 0 Å². The maximum absolute atomic E-state index is 12.2. The van der Waals surface area contributed by atoms with Crippen LogP contribution in [0.2, 0.25) is 0 Å². The number of hydrogen-bond acceptors (Lipinski definition) is 4. The second-order valence-corrected chi connectivity index (χ2v) is 4.08. The minimum absolute atomic E-state index is 0.186. The molecule has 2 aromatic rings. The predicted molar refractivity (Wildman–Crippen MR) is 65.1 cm³/mol. The molecule has 6 nitrogen and oxygen atoms in total. The van der Waals surface area contributed by atoms with Crippen LogP contribution in [0.1, 0.15) is 47.5 Å². The van der Waals surface area contributed by atoms with Crippen LogP contribution in [0.25, 0.3) is 0 Å². The van der Waals surface area contributed by atoms with Crippen molar-refractivity contribution < 1.29 is 9.32 Å². The number of carbonyl (C=O) groups is 1. The number of nitrogens with zero attached hydrogens (tertiary/aromatic N) is 2. The Hall–Kier alpha value is -2.11. The molecule has 0 radical (unpaired) electrons. The van der Waals surface area contributed by atoms with Crippen LogP contribution in [-0.4, -0.2) is 21.0 Å². The zero-order chi connectivity index (χ0) is 13.1. The van der Waals surface area contributed by atoms with Crippen molar-refractivity contribution in [2.75, 3.05) is 0 Å². The Morgan fingerprint density at radius 1 is 1.61 bits per heavy atom. The lowest BCUT2D eigenvalue weighted by Crippen LogP contribution is -2.28. The van der Waals surface area contributed by atoms with Crippen LogP contribution in [-0.2, 0) is 6.42 Å². The van der Waals surface area contributed by atoms with E-state index in [4.69, 9.17) is 4.52 Å². The van der Waals surface area contributed by atoms with Gasteiger partial charge in [-0.2, -0.15) is 0 Å². The van der Waals surface area contributed by atoms with Crippen molar-refractivity contribution in [3.8, 4) is 0 Å². The van der Waals surface area contributed by atoms with Gasteiger partial charge in [-0.3, -0.25) is 4.79 Å². The van der Waals surface area contributed by atoms with E-state index in [0.29, 0.717) is 23.4 Å². The summed E-state index contributed by atoms with van der Waals surface area (Å²) in [5, 5.41) is 6.73. The molecular formula is C12H16N4O2. The third kappa shape index (κ3) is 2.27. The third-order valence-corrected chi connectivity index (χ3v) is 2.77. The zero-order valence-electron chi connectivity index (χ0n) is 10.7. The Kier molecular flexibility index (Phi) is 3.45. The van der Waals surface area contributed by atoms with E-state index >= 15 is 0 Å². The molecule has 0 saturated heterocycles. The van der Waals surface area contributed by atoms with Crippen molar-refractivity contribution in [1.82, 2.24) is 20.4 Å². The van der Waals surface area contributed by atoms with Crippen molar-refractivity contribution >= 4 is 5.91 Å². The van der Waals surface area contributed by atoms with E-state index in [2.05, 4.69) is 20.4 Å². The smallest absolute Gasteiger partial charge is 0.257 e. The first-order valence-corrected chi connectivity index (χ1v) is 5.88. The molecular weight excluding hydrogens is 232 g/mol. The summed E-state index contributed by atoms with van der Waals surface area (Å²) in [6.07, 6.45) is 4.04. The number of H-pyrrole nitrogens is 1. The number of nitrogens with one attached hydrogen (secondary N) is 2. The van der Waals surface area contributed by atoms with Crippen molar-refractivity contribution in [2.24, 2.45) is 0 Å². The quantitative estimate of drug-likeness (QED) is 0.863. The molecule has 96 valence electrons. The van der Waals surface area contributed by atoms with Crippen molar-refractivity contribution in [3.63, 3.8) is 0 Å². The average molecular weight is 248 g/mol. The Balaban J connectivity index is 2.15. The van der Waals surface area contributed by atoms with Crippen LogP contribution >= 0.6 is 0 Å². The number of rotatable bonds is 4. The molecule has 0 fully saturated rings. The molecule has 0 aliphatic heterocycles. The van der Waals surface area contributed by atoms with E-state index in [1.165, 1.54) is 0 Å². The fourth-order valence-corrected chi connectivity index (χ4v) is 1.80. The SMILES string of the molecule is CCc1noc(C)c1C(=O)NC(C)c1ncc[nH]1. The maximum Gasteiger partial charge on any atom is 0.257 e. The molecule has 18 heavy (non-hydrogen) atoms. The number of aromatic amines is 1. The third-order valence-electron chi connectivity index (χ3n) is 2.77. The highest BCUT2D eigenvalue weighted by Gasteiger charge is 2.21.